The van der Waals surface area contributed by atoms with Gasteiger partial charge in [0, 0.05) is 15.5 Å². The molecule has 2 aromatic rings. The maximum atomic E-state index is 11.8. The van der Waals surface area contributed by atoms with E-state index in [1.165, 1.54) is 23.4 Å². The van der Waals surface area contributed by atoms with Gasteiger partial charge >= 0.3 is 0 Å². The molecule has 22 heavy (non-hydrogen) atoms. The Morgan fingerprint density at radius 3 is 2.50 bits per heavy atom. The molecule has 0 bridgehead atoms. The van der Waals surface area contributed by atoms with Crippen LogP contribution >= 0.6 is 23.4 Å². The number of aryl methyl sites for hydroxylation is 1. The van der Waals surface area contributed by atoms with Crippen molar-refractivity contribution in [3.63, 3.8) is 0 Å². The van der Waals surface area contributed by atoms with E-state index in [1.807, 2.05) is 31.2 Å². The third-order valence-electron chi connectivity index (χ3n) is 2.79. The van der Waals surface area contributed by atoms with Crippen LogP contribution in [0, 0.1) is 6.92 Å². The molecule has 0 aliphatic rings. The molecule has 2 rings (SSSR count). The normalized spacial score (nSPS) is 10.1. The van der Waals surface area contributed by atoms with Gasteiger partial charge in [-0.25, -0.2) is 0 Å². The van der Waals surface area contributed by atoms with Crippen molar-refractivity contribution in [3.05, 3.63) is 64.7 Å². The molecule has 0 atom stereocenters. The molecule has 2 aromatic carbocycles. The molecule has 0 aromatic heterocycles. The van der Waals surface area contributed by atoms with Crippen molar-refractivity contribution in [2.75, 3.05) is 5.75 Å². The van der Waals surface area contributed by atoms with Crippen molar-refractivity contribution in [3.8, 4) is 0 Å². The van der Waals surface area contributed by atoms with Crippen molar-refractivity contribution in [1.29, 1.82) is 0 Å². The number of carbonyl (C=O) groups is 2. The number of hydrazine groups is 1. The lowest BCUT2D eigenvalue weighted by atomic mass is 10.2. The number of hydrogen-bond donors (Lipinski definition) is 2. The van der Waals surface area contributed by atoms with Gasteiger partial charge in [-0.1, -0.05) is 35.4 Å². The van der Waals surface area contributed by atoms with Crippen LogP contribution in [0.4, 0.5) is 0 Å². The number of amides is 2. The van der Waals surface area contributed by atoms with E-state index in [4.69, 9.17) is 11.6 Å². The van der Waals surface area contributed by atoms with Crippen LogP contribution in [-0.2, 0) is 4.79 Å². The maximum absolute atomic E-state index is 11.8. The van der Waals surface area contributed by atoms with Gasteiger partial charge in [-0.15, -0.1) is 11.8 Å². The molecule has 0 fully saturated rings. The van der Waals surface area contributed by atoms with Crippen LogP contribution < -0.4 is 10.9 Å². The van der Waals surface area contributed by atoms with E-state index >= 15 is 0 Å². The molecule has 4 nitrogen and oxygen atoms in total. The minimum atomic E-state index is -0.406. The number of halogens is 1. The molecule has 2 N–H and O–H groups in total. The number of rotatable bonds is 4. The maximum Gasteiger partial charge on any atom is 0.269 e. The number of hydrogen-bond acceptors (Lipinski definition) is 3. The predicted molar refractivity (Wildman–Crippen MR) is 89.0 cm³/mol. The quantitative estimate of drug-likeness (QED) is 0.667. The van der Waals surface area contributed by atoms with Gasteiger partial charge in [0.05, 0.1) is 5.75 Å². The molecular formula is C16H15ClN2O2S. The van der Waals surface area contributed by atoms with Crippen molar-refractivity contribution in [1.82, 2.24) is 10.9 Å². The van der Waals surface area contributed by atoms with Crippen LogP contribution in [0.5, 0.6) is 0 Å². The zero-order chi connectivity index (χ0) is 15.9. The number of thioether (sulfide) groups is 1. The van der Waals surface area contributed by atoms with Gasteiger partial charge in [0.1, 0.15) is 0 Å². The molecule has 0 saturated carbocycles. The third kappa shape index (κ3) is 5.09. The van der Waals surface area contributed by atoms with Gasteiger partial charge in [-0.05, 0) is 37.3 Å². The number of carbonyl (C=O) groups excluding carboxylic acids is 2. The van der Waals surface area contributed by atoms with E-state index in [9.17, 15) is 9.59 Å². The molecule has 0 saturated heterocycles. The summed E-state index contributed by atoms with van der Waals surface area (Å²) in [4.78, 5) is 24.5. The summed E-state index contributed by atoms with van der Waals surface area (Å²) in [6.45, 7) is 2.01. The standard InChI is InChI=1S/C16H15ClN2O2S/c1-11-5-7-14(8-6-11)22-10-15(20)18-19-16(21)12-3-2-4-13(17)9-12/h2-9H,10H2,1H3,(H,18,20)(H,19,21). The molecule has 0 aliphatic heterocycles. The SMILES string of the molecule is Cc1ccc(SCC(=O)NNC(=O)c2cccc(Cl)c2)cc1. The van der Waals surface area contributed by atoms with Gasteiger partial charge < -0.3 is 0 Å². The Kier molecular flexibility index (Phi) is 5.86. The Balaban J connectivity index is 1.78. The average molecular weight is 335 g/mol. The minimum absolute atomic E-state index is 0.221. The third-order valence-corrected chi connectivity index (χ3v) is 4.04. The molecule has 0 aliphatic carbocycles. The van der Waals surface area contributed by atoms with Crippen LogP contribution in [0.25, 0.3) is 0 Å². The zero-order valence-electron chi connectivity index (χ0n) is 11.9. The highest BCUT2D eigenvalue weighted by molar-refractivity contribution is 8.00. The Labute approximate surface area is 138 Å². The van der Waals surface area contributed by atoms with E-state index in [0.717, 1.165) is 4.90 Å². The first-order valence-electron chi connectivity index (χ1n) is 6.59. The number of benzene rings is 2. The van der Waals surface area contributed by atoms with E-state index in [-0.39, 0.29) is 11.7 Å². The minimum Gasteiger partial charge on any atom is -0.272 e. The summed E-state index contributed by atoms with van der Waals surface area (Å²) in [5.74, 6) is -0.462. The lowest BCUT2D eigenvalue weighted by molar-refractivity contribution is -0.119. The van der Waals surface area contributed by atoms with Gasteiger partial charge in [0.2, 0.25) is 5.91 Å². The molecule has 0 unspecified atom stereocenters. The zero-order valence-corrected chi connectivity index (χ0v) is 13.5. The summed E-state index contributed by atoms with van der Waals surface area (Å²) in [6, 6.07) is 14.4. The molecule has 0 radical (unpaired) electrons. The highest BCUT2D eigenvalue weighted by Crippen LogP contribution is 2.17. The fourth-order valence-corrected chi connectivity index (χ4v) is 2.54. The van der Waals surface area contributed by atoms with Crippen LogP contribution in [0.3, 0.4) is 0 Å². The van der Waals surface area contributed by atoms with Crippen LogP contribution in [0.2, 0.25) is 5.02 Å². The molecule has 0 heterocycles. The van der Waals surface area contributed by atoms with E-state index in [2.05, 4.69) is 10.9 Å². The molecular weight excluding hydrogens is 320 g/mol. The Hall–Kier alpha value is -1.98. The fourth-order valence-electron chi connectivity index (χ4n) is 1.65. The van der Waals surface area contributed by atoms with Crippen LogP contribution in [0.1, 0.15) is 15.9 Å². The second-order valence-corrected chi connectivity index (χ2v) is 6.10. The Morgan fingerprint density at radius 2 is 1.82 bits per heavy atom. The van der Waals surface area contributed by atoms with Gasteiger partial charge in [0.25, 0.3) is 5.91 Å². The van der Waals surface area contributed by atoms with E-state index < -0.39 is 5.91 Å². The monoisotopic (exact) mass is 334 g/mol. The number of nitrogens with one attached hydrogen (secondary N) is 2. The summed E-state index contributed by atoms with van der Waals surface area (Å²) in [7, 11) is 0. The highest BCUT2D eigenvalue weighted by atomic mass is 35.5. The molecule has 0 spiro atoms. The molecule has 6 heteroatoms. The first kappa shape index (κ1) is 16.4. The molecule has 114 valence electrons. The second-order valence-electron chi connectivity index (χ2n) is 4.61. The second kappa shape index (κ2) is 7.87. The van der Waals surface area contributed by atoms with E-state index in [1.54, 1.807) is 18.2 Å². The summed E-state index contributed by atoms with van der Waals surface area (Å²) < 4.78 is 0. The first-order valence-corrected chi connectivity index (χ1v) is 7.95. The molecule has 2 amide bonds. The van der Waals surface area contributed by atoms with Crippen LogP contribution in [0.15, 0.2) is 53.4 Å². The van der Waals surface area contributed by atoms with Crippen molar-refractivity contribution in [2.45, 2.75) is 11.8 Å². The van der Waals surface area contributed by atoms with Crippen molar-refractivity contribution in [2.24, 2.45) is 0 Å². The first-order chi connectivity index (χ1) is 10.5. The van der Waals surface area contributed by atoms with Crippen LogP contribution in [-0.4, -0.2) is 17.6 Å². The summed E-state index contributed by atoms with van der Waals surface area (Å²) >= 11 is 7.21. The van der Waals surface area contributed by atoms with Crippen molar-refractivity contribution < 1.29 is 9.59 Å². The Morgan fingerprint density at radius 1 is 1.09 bits per heavy atom. The van der Waals surface area contributed by atoms with Gasteiger partial charge in [-0.2, -0.15) is 0 Å². The average Bonchev–Trinajstić information content (AvgIpc) is 2.52. The van der Waals surface area contributed by atoms with Gasteiger partial charge in [-0.3, -0.25) is 20.4 Å². The smallest absolute Gasteiger partial charge is 0.269 e. The fraction of sp³-hybridized carbons (Fsp3) is 0.125. The lowest BCUT2D eigenvalue weighted by Crippen LogP contribution is -2.42. The summed E-state index contributed by atoms with van der Waals surface area (Å²) in [5, 5.41) is 0.467. The van der Waals surface area contributed by atoms with Gasteiger partial charge in [0.15, 0.2) is 0 Å². The highest BCUT2D eigenvalue weighted by Gasteiger charge is 2.08. The predicted octanol–water partition coefficient (Wildman–Crippen LogP) is 3.20. The largest absolute Gasteiger partial charge is 0.272 e. The van der Waals surface area contributed by atoms with Crippen molar-refractivity contribution >= 4 is 35.2 Å². The van der Waals surface area contributed by atoms with E-state index in [0.29, 0.717) is 10.6 Å². The summed E-state index contributed by atoms with van der Waals surface area (Å²) in [5.41, 5.74) is 6.30. The topological polar surface area (TPSA) is 58.2 Å². The summed E-state index contributed by atoms with van der Waals surface area (Å²) in [6.07, 6.45) is 0. The lowest BCUT2D eigenvalue weighted by Gasteiger charge is -2.07. The Bertz CT molecular complexity index is 674.